The van der Waals surface area contributed by atoms with Crippen molar-refractivity contribution in [2.24, 2.45) is 5.92 Å². The maximum atomic E-state index is 11.6. The molecule has 1 aliphatic carbocycles. The summed E-state index contributed by atoms with van der Waals surface area (Å²) in [6.07, 6.45) is 8.12. The Bertz CT molecular complexity index is 495. The van der Waals surface area contributed by atoms with E-state index in [-0.39, 0.29) is 11.6 Å². The summed E-state index contributed by atoms with van der Waals surface area (Å²) in [6.45, 7) is 0.824. The van der Waals surface area contributed by atoms with E-state index in [4.69, 9.17) is 5.11 Å². The van der Waals surface area contributed by atoms with Crippen molar-refractivity contribution in [3.05, 3.63) is 24.0 Å². The standard InChI is InChI=1S/C12H16N4O3/c17-11(7-9-3-1-2-4-9)13-5-6-16-8-10(12(18)19)14-15-16/h1,3,8-9H,2,4-7H2,(H,13,17)(H,18,19). The Morgan fingerprint density at radius 1 is 1.53 bits per heavy atom. The lowest BCUT2D eigenvalue weighted by Gasteiger charge is -2.08. The van der Waals surface area contributed by atoms with Gasteiger partial charge in [0.05, 0.1) is 12.7 Å². The van der Waals surface area contributed by atoms with Crippen LogP contribution in [0.4, 0.5) is 0 Å². The Kier molecular flexibility index (Phi) is 4.27. The maximum Gasteiger partial charge on any atom is 0.358 e. The first-order valence-corrected chi connectivity index (χ1v) is 6.22. The Hall–Kier alpha value is -2.18. The number of hydrogen-bond acceptors (Lipinski definition) is 4. The summed E-state index contributed by atoms with van der Waals surface area (Å²) >= 11 is 0. The van der Waals surface area contributed by atoms with Crippen molar-refractivity contribution in [3.63, 3.8) is 0 Å². The summed E-state index contributed by atoms with van der Waals surface area (Å²) in [4.78, 5) is 22.2. The van der Waals surface area contributed by atoms with Gasteiger partial charge in [-0.25, -0.2) is 9.48 Å². The van der Waals surface area contributed by atoms with Gasteiger partial charge in [-0.3, -0.25) is 4.79 Å². The predicted octanol–water partition coefficient (Wildman–Crippen LogP) is 0.449. The molecule has 102 valence electrons. The Labute approximate surface area is 110 Å². The van der Waals surface area contributed by atoms with Crippen LogP contribution in [0.25, 0.3) is 0 Å². The molecule has 0 aromatic carbocycles. The van der Waals surface area contributed by atoms with Crippen molar-refractivity contribution >= 4 is 11.9 Å². The highest BCUT2D eigenvalue weighted by Crippen LogP contribution is 2.19. The van der Waals surface area contributed by atoms with E-state index in [1.54, 1.807) is 0 Å². The number of aromatic nitrogens is 3. The van der Waals surface area contributed by atoms with Gasteiger partial charge in [-0.15, -0.1) is 5.10 Å². The maximum absolute atomic E-state index is 11.6. The van der Waals surface area contributed by atoms with Gasteiger partial charge in [-0.05, 0) is 18.8 Å². The molecule has 1 aliphatic rings. The fraction of sp³-hybridized carbons (Fsp3) is 0.500. The highest BCUT2D eigenvalue weighted by atomic mass is 16.4. The van der Waals surface area contributed by atoms with E-state index >= 15 is 0 Å². The number of carboxylic acids is 1. The molecule has 0 aliphatic heterocycles. The number of hydrogen-bond donors (Lipinski definition) is 2. The lowest BCUT2D eigenvalue weighted by molar-refractivity contribution is -0.121. The molecule has 0 saturated heterocycles. The first kappa shape index (κ1) is 13.3. The minimum atomic E-state index is -1.11. The van der Waals surface area contributed by atoms with Crippen LogP contribution in [0.5, 0.6) is 0 Å². The van der Waals surface area contributed by atoms with Gasteiger partial charge >= 0.3 is 5.97 Å². The van der Waals surface area contributed by atoms with E-state index in [0.29, 0.717) is 25.4 Å². The molecule has 0 bridgehead atoms. The molecule has 2 rings (SSSR count). The van der Waals surface area contributed by atoms with Crippen molar-refractivity contribution < 1.29 is 14.7 Å². The molecule has 1 atom stereocenters. The van der Waals surface area contributed by atoms with Gasteiger partial charge in [0.2, 0.25) is 5.91 Å². The van der Waals surface area contributed by atoms with E-state index < -0.39 is 5.97 Å². The minimum absolute atomic E-state index is 0.00937. The van der Waals surface area contributed by atoms with Gasteiger partial charge in [-0.2, -0.15) is 0 Å². The second-order valence-electron chi connectivity index (χ2n) is 4.49. The van der Waals surface area contributed by atoms with Gasteiger partial charge in [0.1, 0.15) is 0 Å². The van der Waals surface area contributed by atoms with Crippen LogP contribution < -0.4 is 5.32 Å². The van der Waals surface area contributed by atoms with E-state index in [2.05, 4.69) is 27.8 Å². The number of carbonyl (C=O) groups is 2. The Morgan fingerprint density at radius 2 is 2.37 bits per heavy atom. The Morgan fingerprint density at radius 3 is 3.00 bits per heavy atom. The van der Waals surface area contributed by atoms with Crippen molar-refractivity contribution in [3.8, 4) is 0 Å². The first-order chi connectivity index (χ1) is 9.15. The van der Waals surface area contributed by atoms with Crippen LogP contribution in [0.15, 0.2) is 18.3 Å². The van der Waals surface area contributed by atoms with E-state index in [9.17, 15) is 9.59 Å². The minimum Gasteiger partial charge on any atom is -0.476 e. The number of carbonyl (C=O) groups excluding carboxylic acids is 1. The molecule has 0 radical (unpaired) electrons. The molecule has 1 aromatic rings. The van der Waals surface area contributed by atoms with Crippen LogP contribution in [0.3, 0.4) is 0 Å². The van der Waals surface area contributed by atoms with Crippen LogP contribution in [0, 0.1) is 5.92 Å². The summed E-state index contributed by atoms with van der Waals surface area (Å²) in [5.74, 6) is -0.747. The van der Waals surface area contributed by atoms with Gasteiger partial charge in [0.25, 0.3) is 0 Å². The second kappa shape index (κ2) is 6.12. The van der Waals surface area contributed by atoms with Crippen LogP contribution in [-0.2, 0) is 11.3 Å². The third-order valence-electron chi connectivity index (χ3n) is 2.98. The zero-order valence-electron chi connectivity index (χ0n) is 10.5. The molecule has 1 amide bonds. The molecule has 7 heteroatoms. The molecule has 2 N–H and O–H groups in total. The molecule has 1 aromatic heterocycles. The summed E-state index contributed by atoms with van der Waals surface area (Å²) in [5.41, 5.74) is -0.0950. The van der Waals surface area contributed by atoms with Crippen LogP contribution in [0.1, 0.15) is 29.8 Å². The van der Waals surface area contributed by atoms with Crippen molar-refractivity contribution in [2.75, 3.05) is 6.54 Å². The molecule has 7 nitrogen and oxygen atoms in total. The van der Waals surface area contributed by atoms with E-state index in [0.717, 1.165) is 12.8 Å². The quantitative estimate of drug-likeness (QED) is 0.727. The summed E-state index contributed by atoms with van der Waals surface area (Å²) < 4.78 is 1.40. The van der Waals surface area contributed by atoms with Gasteiger partial charge < -0.3 is 10.4 Å². The fourth-order valence-corrected chi connectivity index (χ4v) is 1.99. The predicted molar refractivity (Wildman–Crippen MR) is 66.5 cm³/mol. The number of allylic oxidation sites excluding steroid dienone is 2. The zero-order valence-corrected chi connectivity index (χ0v) is 10.5. The zero-order chi connectivity index (χ0) is 13.7. The van der Waals surface area contributed by atoms with Crippen molar-refractivity contribution in [1.82, 2.24) is 20.3 Å². The van der Waals surface area contributed by atoms with Gasteiger partial charge in [-0.1, -0.05) is 17.4 Å². The molecular weight excluding hydrogens is 248 g/mol. The number of nitrogens with one attached hydrogen (secondary N) is 1. The summed E-state index contributed by atoms with van der Waals surface area (Å²) in [6, 6.07) is 0. The van der Waals surface area contributed by atoms with Crippen molar-refractivity contribution in [2.45, 2.75) is 25.8 Å². The van der Waals surface area contributed by atoms with Crippen molar-refractivity contribution in [1.29, 1.82) is 0 Å². The number of aromatic carboxylic acids is 1. The average Bonchev–Trinajstić information content (AvgIpc) is 3.00. The highest BCUT2D eigenvalue weighted by molar-refractivity contribution is 5.84. The highest BCUT2D eigenvalue weighted by Gasteiger charge is 2.13. The third-order valence-corrected chi connectivity index (χ3v) is 2.98. The lowest BCUT2D eigenvalue weighted by atomic mass is 10.1. The molecule has 19 heavy (non-hydrogen) atoms. The lowest BCUT2D eigenvalue weighted by Crippen LogP contribution is -2.28. The van der Waals surface area contributed by atoms with Gasteiger partial charge in [0, 0.05) is 13.0 Å². The largest absolute Gasteiger partial charge is 0.476 e. The SMILES string of the molecule is O=C(CC1C=CCC1)NCCn1cc(C(=O)O)nn1. The molecule has 1 unspecified atom stereocenters. The molecule has 0 spiro atoms. The molecular formula is C12H16N4O3. The number of rotatable bonds is 6. The number of nitrogens with zero attached hydrogens (tertiary/aromatic N) is 3. The fourth-order valence-electron chi connectivity index (χ4n) is 1.99. The third kappa shape index (κ3) is 3.90. The number of carboxylic acid groups (broad SMARTS) is 1. The molecule has 0 fully saturated rings. The van der Waals surface area contributed by atoms with Crippen LogP contribution in [-0.4, -0.2) is 38.5 Å². The van der Waals surface area contributed by atoms with E-state index in [1.165, 1.54) is 10.9 Å². The normalized spacial score (nSPS) is 17.6. The monoisotopic (exact) mass is 264 g/mol. The molecule has 0 saturated carbocycles. The topological polar surface area (TPSA) is 97.1 Å². The number of amides is 1. The average molecular weight is 264 g/mol. The van der Waals surface area contributed by atoms with Crippen LogP contribution in [0.2, 0.25) is 0 Å². The van der Waals surface area contributed by atoms with Gasteiger partial charge in [0.15, 0.2) is 5.69 Å². The second-order valence-corrected chi connectivity index (χ2v) is 4.49. The summed E-state index contributed by atoms with van der Waals surface area (Å²) in [7, 11) is 0. The van der Waals surface area contributed by atoms with E-state index in [1.807, 2.05) is 0 Å². The Balaban J connectivity index is 1.69. The summed E-state index contributed by atoms with van der Waals surface area (Å²) in [5, 5.41) is 18.6. The van der Waals surface area contributed by atoms with Crippen LogP contribution >= 0.6 is 0 Å². The smallest absolute Gasteiger partial charge is 0.358 e. The molecule has 1 heterocycles. The first-order valence-electron chi connectivity index (χ1n) is 6.22.